The van der Waals surface area contributed by atoms with E-state index < -0.39 is 0 Å². The van der Waals surface area contributed by atoms with Gasteiger partial charge in [0.15, 0.2) is 0 Å². The fourth-order valence-corrected chi connectivity index (χ4v) is 4.79. The van der Waals surface area contributed by atoms with E-state index in [-0.39, 0.29) is 23.1 Å². The van der Waals surface area contributed by atoms with Crippen LogP contribution in [0.2, 0.25) is 0 Å². The van der Waals surface area contributed by atoms with E-state index in [1.165, 1.54) is 0 Å². The maximum atomic E-state index is 12.8. The molecule has 2 aromatic heterocycles. The first-order valence-electron chi connectivity index (χ1n) is 11.2. The number of hydrogen-bond donors (Lipinski definition) is 3. The number of anilines is 1. The van der Waals surface area contributed by atoms with E-state index in [4.69, 9.17) is 0 Å². The monoisotopic (exact) mass is 431 g/mol. The number of nitrogens with zero attached hydrogens (tertiary/aromatic N) is 2. The average Bonchev–Trinajstić information content (AvgIpc) is 3.20. The summed E-state index contributed by atoms with van der Waals surface area (Å²) in [6.07, 6.45) is 5.41. The van der Waals surface area contributed by atoms with Crippen LogP contribution in [0.1, 0.15) is 42.6 Å². The van der Waals surface area contributed by atoms with Crippen LogP contribution in [0, 0.1) is 5.92 Å². The first kappa shape index (κ1) is 20.7. The molecule has 0 spiro atoms. The SMILES string of the molecule is CN1CCC(C(=O)Nc2cnc3[nH]cc(-c4ccc5c(c4)C(C)(C)CNC5=O)c3c2)CC1. The number of aromatic nitrogens is 2. The molecule has 1 saturated heterocycles. The lowest BCUT2D eigenvalue weighted by Crippen LogP contribution is -2.43. The second kappa shape index (κ2) is 7.74. The molecule has 32 heavy (non-hydrogen) atoms. The minimum Gasteiger partial charge on any atom is -0.351 e. The largest absolute Gasteiger partial charge is 0.351 e. The molecule has 3 N–H and O–H groups in total. The van der Waals surface area contributed by atoms with E-state index in [2.05, 4.69) is 52.5 Å². The van der Waals surface area contributed by atoms with Gasteiger partial charge in [0.2, 0.25) is 5.91 Å². The number of carbonyl (C=O) groups excluding carboxylic acids is 2. The predicted octanol–water partition coefficient (Wildman–Crippen LogP) is 3.53. The highest BCUT2D eigenvalue weighted by molar-refractivity contribution is 6.01. The van der Waals surface area contributed by atoms with Crippen LogP contribution >= 0.6 is 0 Å². The highest BCUT2D eigenvalue weighted by atomic mass is 16.2. The molecule has 0 saturated carbocycles. The molecule has 0 aliphatic carbocycles. The van der Waals surface area contributed by atoms with Gasteiger partial charge in [0.05, 0.1) is 11.9 Å². The smallest absolute Gasteiger partial charge is 0.251 e. The van der Waals surface area contributed by atoms with Gasteiger partial charge in [0, 0.05) is 40.6 Å². The predicted molar refractivity (Wildman–Crippen MR) is 126 cm³/mol. The summed E-state index contributed by atoms with van der Waals surface area (Å²) in [5, 5.41) is 6.99. The van der Waals surface area contributed by atoms with Crippen LogP contribution in [0.15, 0.2) is 36.7 Å². The average molecular weight is 432 g/mol. The second-order valence-corrected chi connectivity index (χ2v) is 9.72. The van der Waals surface area contributed by atoms with Gasteiger partial charge in [-0.2, -0.15) is 0 Å². The normalized spacial score (nSPS) is 18.9. The Hall–Kier alpha value is -3.19. The minimum absolute atomic E-state index is 0.0228. The number of pyridine rings is 1. The van der Waals surface area contributed by atoms with Gasteiger partial charge in [-0.1, -0.05) is 19.9 Å². The zero-order chi connectivity index (χ0) is 22.5. The van der Waals surface area contributed by atoms with Crippen molar-refractivity contribution in [2.45, 2.75) is 32.1 Å². The van der Waals surface area contributed by atoms with Crippen LogP contribution < -0.4 is 10.6 Å². The zero-order valence-electron chi connectivity index (χ0n) is 18.8. The van der Waals surface area contributed by atoms with Crippen molar-refractivity contribution < 1.29 is 9.59 Å². The standard InChI is InChI=1S/C25H29N5O2/c1-25(2)14-28-24(32)18-5-4-16(10-21(18)25)20-13-27-22-19(20)11-17(12-26-22)29-23(31)15-6-8-30(3)9-7-15/h4-5,10-13,15H,6-9,14H2,1-3H3,(H,26,27)(H,28,32)(H,29,31). The summed E-state index contributed by atoms with van der Waals surface area (Å²) in [5.41, 5.74) is 5.15. The van der Waals surface area contributed by atoms with E-state index >= 15 is 0 Å². The molecule has 5 rings (SSSR count). The number of amides is 2. The molecule has 0 unspecified atom stereocenters. The van der Waals surface area contributed by atoms with Crippen molar-refractivity contribution in [3.8, 4) is 11.1 Å². The van der Waals surface area contributed by atoms with Crippen molar-refractivity contribution in [3.63, 3.8) is 0 Å². The maximum absolute atomic E-state index is 12.8. The lowest BCUT2D eigenvalue weighted by molar-refractivity contribution is -0.121. The molecule has 1 fully saturated rings. The zero-order valence-corrected chi connectivity index (χ0v) is 18.8. The lowest BCUT2D eigenvalue weighted by atomic mass is 9.78. The molecule has 1 aromatic carbocycles. The summed E-state index contributed by atoms with van der Waals surface area (Å²) in [7, 11) is 2.09. The summed E-state index contributed by atoms with van der Waals surface area (Å²) < 4.78 is 0. The van der Waals surface area contributed by atoms with Gasteiger partial charge in [-0.05, 0) is 62.3 Å². The summed E-state index contributed by atoms with van der Waals surface area (Å²) in [6, 6.07) is 7.98. The van der Waals surface area contributed by atoms with Gasteiger partial charge in [0.25, 0.3) is 5.91 Å². The van der Waals surface area contributed by atoms with E-state index in [0.29, 0.717) is 12.2 Å². The summed E-state index contributed by atoms with van der Waals surface area (Å²) in [5.74, 6) is 0.0878. The molecule has 2 amide bonds. The van der Waals surface area contributed by atoms with Gasteiger partial charge < -0.3 is 20.5 Å². The molecular weight excluding hydrogens is 402 g/mol. The van der Waals surface area contributed by atoms with E-state index in [0.717, 1.165) is 59.2 Å². The number of aromatic amines is 1. The Morgan fingerprint density at radius 3 is 2.75 bits per heavy atom. The molecule has 4 heterocycles. The van der Waals surface area contributed by atoms with Crippen molar-refractivity contribution in [1.82, 2.24) is 20.2 Å². The van der Waals surface area contributed by atoms with Gasteiger partial charge >= 0.3 is 0 Å². The van der Waals surface area contributed by atoms with E-state index in [1.807, 2.05) is 24.4 Å². The number of likely N-dealkylation sites (tertiary alicyclic amines) is 1. The first-order valence-corrected chi connectivity index (χ1v) is 11.2. The van der Waals surface area contributed by atoms with E-state index in [1.54, 1.807) is 6.20 Å². The molecule has 2 aliphatic heterocycles. The van der Waals surface area contributed by atoms with Gasteiger partial charge in [-0.3, -0.25) is 9.59 Å². The molecule has 166 valence electrons. The Morgan fingerprint density at radius 1 is 1.19 bits per heavy atom. The molecular formula is C25H29N5O2. The Morgan fingerprint density at radius 2 is 1.97 bits per heavy atom. The van der Waals surface area contributed by atoms with Crippen LogP contribution in [0.3, 0.4) is 0 Å². The Bertz CT molecular complexity index is 1200. The van der Waals surface area contributed by atoms with E-state index in [9.17, 15) is 9.59 Å². The van der Waals surface area contributed by atoms with Crippen LogP contribution in [0.5, 0.6) is 0 Å². The molecule has 7 heteroatoms. The third-order valence-electron chi connectivity index (χ3n) is 6.88. The number of fused-ring (bicyclic) bond motifs is 2. The molecule has 2 aliphatic rings. The highest BCUT2D eigenvalue weighted by Gasteiger charge is 2.32. The second-order valence-electron chi connectivity index (χ2n) is 9.72. The van der Waals surface area contributed by atoms with Crippen molar-refractivity contribution >= 4 is 28.5 Å². The van der Waals surface area contributed by atoms with Crippen molar-refractivity contribution in [2.24, 2.45) is 5.92 Å². The van der Waals surface area contributed by atoms with Crippen LogP contribution in [0.4, 0.5) is 5.69 Å². The van der Waals surface area contributed by atoms with Crippen molar-refractivity contribution in [3.05, 3.63) is 47.8 Å². The molecule has 0 bridgehead atoms. The number of rotatable bonds is 3. The summed E-state index contributed by atoms with van der Waals surface area (Å²) in [4.78, 5) is 35.1. The van der Waals surface area contributed by atoms with Gasteiger partial charge in [0.1, 0.15) is 5.65 Å². The molecule has 7 nitrogen and oxygen atoms in total. The number of H-pyrrole nitrogens is 1. The van der Waals surface area contributed by atoms with Crippen LogP contribution in [0.25, 0.3) is 22.2 Å². The van der Waals surface area contributed by atoms with Crippen molar-refractivity contribution in [2.75, 3.05) is 32.0 Å². The lowest BCUT2D eigenvalue weighted by Gasteiger charge is -2.32. The third kappa shape index (κ3) is 3.66. The Labute approximate surface area is 187 Å². The quantitative estimate of drug-likeness (QED) is 0.592. The van der Waals surface area contributed by atoms with Crippen LogP contribution in [-0.4, -0.2) is 53.4 Å². The van der Waals surface area contributed by atoms with Crippen LogP contribution in [-0.2, 0) is 10.2 Å². The molecule has 0 atom stereocenters. The first-order chi connectivity index (χ1) is 15.3. The highest BCUT2D eigenvalue weighted by Crippen LogP contribution is 2.36. The third-order valence-corrected chi connectivity index (χ3v) is 6.88. The topological polar surface area (TPSA) is 90.1 Å². The maximum Gasteiger partial charge on any atom is 0.251 e. The van der Waals surface area contributed by atoms with Gasteiger partial charge in [-0.25, -0.2) is 4.98 Å². The fraction of sp³-hybridized carbons (Fsp3) is 0.400. The van der Waals surface area contributed by atoms with Crippen molar-refractivity contribution in [1.29, 1.82) is 0 Å². The number of hydrogen-bond acceptors (Lipinski definition) is 4. The molecule has 3 aromatic rings. The minimum atomic E-state index is -0.142. The number of benzene rings is 1. The molecule has 0 radical (unpaired) electrons. The number of nitrogens with one attached hydrogen (secondary N) is 3. The summed E-state index contributed by atoms with van der Waals surface area (Å²) >= 11 is 0. The Balaban J connectivity index is 1.46. The summed E-state index contributed by atoms with van der Waals surface area (Å²) in [6.45, 7) is 6.80. The Kier molecular flexibility index (Phi) is 5.01. The number of carbonyl (C=O) groups is 2. The van der Waals surface area contributed by atoms with Gasteiger partial charge in [-0.15, -0.1) is 0 Å². The number of piperidine rings is 1. The fourth-order valence-electron chi connectivity index (χ4n) is 4.79.